The topological polar surface area (TPSA) is 69.0 Å². The second-order valence-corrected chi connectivity index (χ2v) is 6.09. The van der Waals surface area contributed by atoms with Crippen LogP contribution in [0.25, 0.3) is 0 Å². The molecule has 0 aromatic carbocycles. The van der Waals surface area contributed by atoms with Crippen LogP contribution in [0.4, 0.5) is 18.0 Å². The highest BCUT2D eigenvalue weighted by Gasteiger charge is 2.40. The summed E-state index contributed by atoms with van der Waals surface area (Å²) in [5, 5.41) is 9.60. The Morgan fingerprint density at radius 1 is 1.38 bits per heavy atom. The van der Waals surface area contributed by atoms with Crippen LogP contribution in [0.5, 0.6) is 0 Å². The molecule has 1 fully saturated rings. The number of carbonyl (C=O) groups is 1. The number of unbranched alkanes of at least 4 members (excludes halogenated alkanes) is 1. The van der Waals surface area contributed by atoms with Crippen LogP contribution in [0.15, 0.2) is 0 Å². The van der Waals surface area contributed by atoms with E-state index in [0.717, 1.165) is 30.3 Å². The van der Waals surface area contributed by atoms with Gasteiger partial charge in [0.2, 0.25) is 5.82 Å². The number of aryl methyl sites for hydroxylation is 1. The maximum absolute atomic E-state index is 13.1. The number of carbonyl (C=O) groups excluding carboxylic acids is 1. The Bertz CT molecular complexity index is 559. The monoisotopic (exact) mass is 348 g/mol. The first-order valence-corrected chi connectivity index (χ1v) is 8.25. The first kappa shape index (κ1) is 18.5. The van der Waals surface area contributed by atoms with Gasteiger partial charge in [-0.2, -0.15) is 13.2 Å². The molecular weight excluding hydrogens is 325 g/mol. The van der Waals surface area contributed by atoms with Crippen LogP contribution in [-0.2, 0) is 10.9 Å². The van der Waals surface area contributed by atoms with Gasteiger partial charge < -0.3 is 14.6 Å². The van der Waals surface area contributed by atoms with Crippen molar-refractivity contribution in [1.29, 1.82) is 0 Å². The first-order valence-electron chi connectivity index (χ1n) is 8.25. The normalized spacial score (nSPS) is 21.5. The fourth-order valence-electron chi connectivity index (χ4n) is 3.05. The van der Waals surface area contributed by atoms with Crippen LogP contribution in [0, 0.1) is 6.92 Å². The number of amides is 1. The lowest BCUT2D eigenvalue weighted by atomic mass is 9.90. The molecule has 0 saturated heterocycles. The number of alkyl halides is 3. The molecule has 1 N–H and O–H groups in total. The number of nitrogens with zero attached hydrogens (tertiary/aromatic N) is 3. The standard InChI is InChI=1S/C15H23F3N4O2/c1-3-4-8-24-14(23)19-11-6-5-7-12(9-11)22-10(2)20-21-13(22)15(16,17)18/h11-12H,3-9H2,1-2H3,(H,19,23)/t11-,12+/m0/s1. The maximum atomic E-state index is 13.1. The minimum absolute atomic E-state index is 0.208. The molecule has 1 aromatic rings. The zero-order chi connectivity index (χ0) is 17.7. The van der Waals surface area contributed by atoms with Gasteiger partial charge in [0.1, 0.15) is 5.82 Å². The summed E-state index contributed by atoms with van der Waals surface area (Å²) in [4.78, 5) is 11.7. The average Bonchev–Trinajstić information content (AvgIpc) is 2.89. The van der Waals surface area contributed by atoms with Crippen molar-refractivity contribution < 1.29 is 22.7 Å². The van der Waals surface area contributed by atoms with E-state index in [0.29, 0.717) is 19.4 Å². The van der Waals surface area contributed by atoms with Crippen LogP contribution in [0.3, 0.4) is 0 Å². The molecule has 0 bridgehead atoms. The Kier molecular flexibility index (Phi) is 6.06. The van der Waals surface area contributed by atoms with E-state index in [1.807, 2.05) is 6.92 Å². The Morgan fingerprint density at radius 2 is 2.12 bits per heavy atom. The predicted molar refractivity (Wildman–Crippen MR) is 80.4 cm³/mol. The molecule has 1 aromatic heterocycles. The van der Waals surface area contributed by atoms with Crippen LogP contribution < -0.4 is 5.32 Å². The molecule has 1 heterocycles. The van der Waals surface area contributed by atoms with Crippen molar-refractivity contribution in [2.45, 2.75) is 70.6 Å². The van der Waals surface area contributed by atoms with Gasteiger partial charge in [-0.25, -0.2) is 4.79 Å². The molecular formula is C15H23F3N4O2. The lowest BCUT2D eigenvalue weighted by Crippen LogP contribution is -2.40. The lowest BCUT2D eigenvalue weighted by Gasteiger charge is -2.31. The number of aromatic nitrogens is 3. The summed E-state index contributed by atoms with van der Waals surface area (Å²) in [5.74, 6) is -0.741. The molecule has 136 valence electrons. The van der Waals surface area contributed by atoms with Crippen molar-refractivity contribution in [2.24, 2.45) is 0 Å². The number of hydrogen-bond acceptors (Lipinski definition) is 4. The zero-order valence-electron chi connectivity index (χ0n) is 13.9. The van der Waals surface area contributed by atoms with Gasteiger partial charge >= 0.3 is 12.3 Å². The maximum Gasteiger partial charge on any atom is 0.451 e. The summed E-state index contributed by atoms with van der Waals surface area (Å²) in [6, 6.07) is -0.591. The summed E-state index contributed by atoms with van der Waals surface area (Å²) < 4.78 is 45.5. The van der Waals surface area contributed by atoms with E-state index >= 15 is 0 Å². The van der Waals surface area contributed by atoms with Gasteiger partial charge in [0, 0.05) is 12.1 Å². The Morgan fingerprint density at radius 3 is 2.79 bits per heavy atom. The highest BCUT2D eigenvalue weighted by molar-refractivity contribution is 5.67. The number of alkyl carbamates (subject to hydrolysis) is 1. The largest absolute Gasteiger partial charge is 0.451 e. The number of hydrogen-bond donors (Lipinski definition) is 1. The van der Waals surface area contributed by atoms with Gasteiger partial charge in [0.15, 0.2) is 0 Å². The molecule has 0 aliphatic heterocycles. The zero-order valence-corrected chi connectivity index (χ0v) is 13.9. The van der Waals surface area contributed by atoms with Gasteiger partial charge in [-0.3, -0.25) is 0 Å². The second kappa shape index (κ2) is 7.85. The van der Waals surface area contributed by atoms with Gasteiger partial charge in [-0.1, -0.05) is 13.3 Å². The van der Waals surface area contributed by atoms with Crippen LogP contribution in [-0.4, -0.2) is 33.5 Å². The Hall–Kier alpha value is -1.80. The number of halogens is 3. The number of rotatable bonds is 5. The van der Waals surface area contributed by atoms with Crippen LogP contribution >= 0.6 is 0 Å². The SMILES string of the molecule is CCCCOC(=O)N[C@H]1CCC[C@@H](n2c(C)nnc2C(F)(F)F)C1. The van der Waals surface area contributed by atoms with Crippen LogP contribution in [0.2, 0.25) is 0 Å². The van der Waals surface area contributed by atoms with Crippen molar-refractivity contribution in [3.63, 3.8) is 0 Å². The van der Waals surface area contributed by atoms with E-state index in [-0.39, 0.29) is 17.9 Å². The summed E-state index contributed by atoms with van der Waals surface area (Å²) in [7, 11) is 0. The molecule has 6 nitrogen and oxygen atoms in total. The minimum Gasteiger partial charge on any atom is -0.450 e. The molecule has 2 rings (SSSR count). The number of nitrogens with one attached hydrogen (secondary N) is 1. The highest BCUT2D eigenvalue weighted by atomic mass is 19.4. The third-order valence-corrected chi connectivity index (χ3v) is 4.18. The summed E-state index contributed by atoms with van der Waals surface area (Å²) in [6.07, 6.45) is -0.884. The molecule has 0 radical (unpaired) electrons. The molecule has 2 atom stereocenters. The van der Waals surface area contributed by atoms with E-state index in [4.69, 9.17) is 4.74 Å². The van der Waals surface area contributed by atoms with Crippen molar-refractivity contribution >= 4 is 6.09 Å². The smallest absolute Gasteiger partial charge is 0.450 e. The molecule has 1 aliphatic carbocycles. The molecule has 24 heavy (non-hydrogen) atoms. The fraction of sp³-hybridized carbons (Fsp3) is 0.800. The molecule has 1 aliphatic rings. The lowest BCUT2D eigenvalue weighted by molar-refractivity contribution is -0.148. The van der Waals surface area contributed by atoms with Gasteiger partial charge in [-0.05, 0) is 39.0 Å². The quantitative estimate of drug-likeness (QED) is 0.825. The summed E-state index contributed by atoms with van der Waals surface area (Å²) in [6.45, 7) is 3.85. The fourth-order valence-corrected chi connectivity index (χ4v) is 3.05. The second-order valence-electron chi connectivity index (χ2n) is 6.09. The van der Waals surface area contributed by atoms with E-state index in [1.54, 1.807) is 0 Å². The first-order chi connectivity index (χ1) is 11.3. The summed E-state index contributed by atoms with van der Waals surface area (Å²) >= 11 is 0. The van der Waals surface area contributed by atoms with E-state index in [9.17, 15) is 18.0 Å². The van der Waals surface area contributed by atoms with Crippen molar-refractivity contribution in [2.75, 3.05) is 6.61 Å². The minimum atomic E-state index is -4.54. The third-order valence-electron chi connectivity index (χ3n) is 4.18. The molecule has 0 unspecified atom stereocenters. The Labute approximate surface area is 138 Å². The van der Waals surface area contributed by atoms with E-state index < -0.39 is 18.1 Å². The Balaban J connectivity index is 2.01. The van der Waals surface area contributed by atoms with E-state index in [1.165, 1.54) is 6.92 Å². The van der Waals surface area contributed by atoms with Gasteiger partial charge in [-0.15, -0.1) is 10.2 Å². The third kappa shape index (κ3) is 4.61. The molecule has 1 saturated carbocycles. The van der Waals surface area contributed by atoms with Crippen LogP contribution in [0.1, 0.15) is 63.1 Å². The molecule has 1 amide bonds. The highest BCUT2D eigenvalue weighted by Crippen LogP contribution is 2.35. The van der Waals surface area contributed by atoms with Gasteiger partial charge in [0.25, 0.3) is 0 Å². The number of ether oxygens (including phenoxy) is 1. The molecule has 9 heteroatoms. The average molecular weight is 348 g/mol. The van der Waals surface area contributed by atoms with Crippen molar-refractivity contribution in [3.8, 4) is 0 Å². The van der Waals surface area contributed by atoms with Gasteiger partial charge in [0.05, 0.1) is 6.61 Å². The molecule has 0 spiro atoms. The van der Waals surface area contributed by atoms with Crippen molar-refractivity contribution in [1.82, 2.24) is 20.1 Å². The summed E-state index contributed by atoms with van der Waals surface area (Å²) in [5.41, 5.74) is 0. The van der Waals surface area contributed by atoms with Crippen molar-refractivity contribution in [3.05, 3.63) is 11.6 Å². The predicted octanol–water partition coefficient (Wildman–Crippen LogP) is 3.62. The van der Waals surface area contributed by atoms with E-state index in [2.05, 4.69) is 15.5 Å².